The summed E-state index contributed by atoms with van der Waals surface area (Å²) in [5.41, 5.74) is 0. The molecule has 1 aliphatic rings. The molecule has 1 nitrogen and oxygen atoms in total. The van der Waals surface area contributed by atoms with Crippen molar-refractivity contribution in [3.63, 3.8) is 0 Å². The van der Waals surface area contributed by atoms with Crippen LogP contribution in [0.15, 0.2) is 0 Å². The molecule has 0 spiro atoms. The van der Waals surface area contributed by atoms with Crippen LogP contribution in [0.5, 0.6) is 0 Å². The minimum absolute atomic E-state index is 0.822. The van der Waals surface area contributed by atoms with E-state index in [1.807, 2.05) is 0 Å². The van der Waals surface area contributed by atoms with Crippen molar-refractivity contribution in [1.82, 2.24) is 5.32 Å². The highest BCUT2D eigenvalue weighted by atomic mass is 14.9. The Hall–Kier alpha value is -0.0400. The van der Waals surface area contributed by atoms with E-state index in [1.54, 1.807) is 0 Å². The molecule has 1 rings (SSSR count). The number of nitrogens with one attached hydrogen (secondary N) is 1. The Bertz CT molecular complexity index is 131. The van der Waals surface area contributed by atoms with Crippen LogP contribution in [0.4, 0.5) is 0 Å². The van der Waals surface area contributed by atoms with E-state index < -0.39 is 0 Å². The van der Waals surface area contributed by atoms with Crippen LogP contribution in [0.25, 0.3) is 0 Å². The van der Waals surface area contributed by atoms with Crippen LogP contribution >= 0.6 is 0 Å². The molecule has 0 radical (unpaired) electrons. The average Bonchev–Trinajstić information content (AvgIpc) is 2.03. The summed E-state index contributed by atoms with van der Waals surface area (Å²) in [5.74, 6) is 1.79. The maximum atomic E-state index is 3.68. The van der Waals surface area contributed by atoms with E-state index in [0.29, 0.717) is 0 Å². The molecule has 0 saturated heterocycles. The van der Waals surface area contributed by atoms with E-state index >= 15 is 0 Å². The molecule has 13 heavy (non-hydrogen) atoms. The van der Waals surface area contributed by atoms with Gasteiger partial charge in [0.25, 0.3) is 0 Å². The summed E-state index contributed by atoms with van der Waals surface area (Å²) in [6.45, 7) is 8.20. The lowest BCUT2D eigenvalue weighted by atomic mass is 9.87. The Balaban J connectivity index is 2.06. The fourth-order valence-corrected chi connectivity index (χ4v) is 2.20. The van der Waals surface area contributed by atoms with E-state index in [4.69, 9.17) is 0 Å². The zero-order valence-corrected chi connectivity index (χ0v) is 9.47. The van der Waals surface area contributed by atoms with Crippen molar-refractivity contribution < 1.29 is 0 Å². The quantitative estimate of drug-likeness (QED) is 0.706. The van der Waals surface area contributed by atoms with Crippen molar-refractivity contribution in [3.8, 4) is 0 Å². The van der Waals surface area contributed by atoms with E-state index in [2.05, 4.69) is 26.1 Å². The lowest BCUT2D eigenvalue weighted by molar-refractivity contribution is 0.297. The zero-order chi connectivity index (χ0) is 9.68. The summed E-state index contributed by atoms with van der Waals surface area (Å²) in [6.07, 6.45) is 7.01. The van der Waals surface area contributed by atoms with Gasteiger partial charge in [-0.15, -0.1) is 0 Å². The third-order valence-corrected chi connectivity index (χ3v) is 3.09. The van der Waals surface area contributed by atoms with Crippen LogP contribution in [0.3, 0.4) is 0 Å². The van der Waals surface area contributed by atoms with Crippen molar-refractivity contribution in [1.29, 1.82) is 0 Å². The van der Waals surface area contributed by atoms with E-state index in [9.17, 15) is 0 Å². The Morgan fingerprint density at radius 1 is 1.31 bits per heavy atom. The molecule has 2 unspecified atom stereocenters. The van der Waals surface area contributed by atoms with E-state index in [-0.39, 0.29) is 0 Å². The van der Waals surface area contributed by atoms with Crippen LogP contribution in [0.1, 0.15) is 52.9 Å². The van der Waals surface area contributed by atoms with Crippen molar-refractivity contribution in [2.24, 2.45) is 11.8 Å². The van der Waals surface area contributed by atoms with Gasteiger partial charge in [-0.2, -0.15) is 0 Å². The van der Waals surface area contributed by atoms with Gasteiger partial charge in [0.05, 0.1) is 0 Å². The highest BCUT2D eigenvalue weighted by molar-refractivity contribution is 4.75. The van der Waals surface area contributed by atoms with Crippen LogP contribution < -0.4 is 5.32 Å². The first-order valence-electron chi connectivity index (χ1n) is 5.92. The second-order valence-electron chi connectivity index (χ2n) is 5.11. The first-order valence-corrected chi connectivity index (χ1v) is 5.92. The molecule has 1 heteroatoms. The Labute approximate surface area is 83.3 Å². The van der Waals surface area contributed by atoms with Gasteiger partial charge >= 0.3 is 0 Å². The minimum Gasteiger partial charge on any atom is -0.314 e. The highest BCUT2D eigenvalue weighted by Gasteiger charge is 2.17. The van der Waals surface area contributed by atoms with Gasteiger partial charge in [0.1, 0.15) is 0 Å². The van der Waals surface area contributed by atoms with Crippen molar-refractivity contribution in [2.75, 3.05) is 6.54 Å². The van der Waals surface area contributed by atoms with Gasteiger partial charge in [-0.3, -0.25) is 0 Å². The molecule has 0 heterocycles. The lowest BCUT2D eigenvalue weighted by Gasteiger charge is -2.27. The van der Waals surface area contributed by atoms with Crippen molar-refractivity contribution in [2.45, 2.75) is 58.9 Å². The summed E-state index contributed by atoms with van der Waals surface area (Å²) >= 11 is 0. The molecule has 2 atom stereocenters. The first-order chi connectivity index (χ1) is 6.18. The van der Waals surface area contributed by atoms with Gasteiger partial charge in [0.15, 0.2) is 0 Å². The second-order valence-corrected chi connectivity index (χ2v) is 5.11. The van der Waals surface area contributed by atoms with Crippen LogP contribution in [0.2, 0.25) is 0 Å². The van der Waals surface area contributed by atoms with Crippen LogP contribution in [-0.2, 0) is 0 Å². The summed E-state index contributed by atoms with van der Waals surface area (Å²) in [5, 5.41) is 3.68. The van der Waals surface area contributed by atoms with Gasteiger partial charge in [0.2, 0.25) is 0 Å². The summed E-state index contributed by atoms with van der Waals surface area (Å²) in [7, 11) is 0. The normalized spacial score (nSPS) is 29.5. The molecular formula is C12H25N. The fraction of sp³-hybridized carbons (Fsp3) is 1.00. The summed E-state index contributed by atoms with van der Waals surface area (Å²) < 4.78 is 0. The topological polar surface area (TPSA) is 12.0 Å². The Morgan fingerprint density at radius 3 is 2.69 bits per heavy atom. The largest absolute Gasteiger partial charge is 0.314 e. The number of hydrogen-bond donors (Lipinski definition) is 1. The molecule has 1 aliphatic carbocycles. The molecule has 0 aromatic rings. The summed E-state index contributed by atoms with van der Waals surface area (Å²) in [6, 6.07) is 0.822. The molecule has 0 amide bonds. The molecule has 78 valence electrons. The fourth-order valence-electron chi connectivity index (χ4n) is 2.20. The van der Waals surface area contributed by atoms with Gasteiger partial charge in [-0.1, -0.05) is 33.6 Å². The molecule has 0 aromatic heterocycles. The maximum Gasteiger partial charge on any atom is 0.00696 e. The Morgan fingerprint density at radius 2 is 2.08 bits per heavy atom. The zero-order valence-electron chi connectivity index (χ0n) is 9.47. The molecule has 0 bridgehead atoms. The first kappa shape index (κ1) is 11.0. The highest BCUT2D eigenvalue weighted by Crippen LogP contribution is 2.23. The minimum atomic E-state index is 0.822. The van der Waals surface area contributed by atoms with Gasteiger partial charge in [-0.25, -0.2) is 0 Å². The summed E-state index contributed by atoms with van der Waals surface area (Å²) in [4.78, 5) is 0. The number of rotatable bonds is 4. The van der Waals surface area contributed by atoms with Gasteiger partial charge in [-0.05, 0) is 37.6 Å². The molecule has 1 N–H and O–H groups in total. The monoisotopic (exact) mass is 183 g/mol. The van der Waals surface area contributed by atoms with Crippen molar-refractivity contribution >= 4 is 0 Å². The van der Waals surface area contributed by atoms with E-state index in [1.165, 1.54) is 38.6 Å². The molecule has 1 saturated carbocycles. The van der Waals surface area contributed by atoms with Gasteiger partial charge < -0.3 is 5.32 Å². The smallest absolute Gasteiger partial charge is 0.00696 e. The molecular weight excluding hydrogens is 158 g/mol. The van der Waals surface area contributed by atoms with Crippen molar-refractivity contribution in [3.05, 3.63) is 0 Å². The standard InChI is InChI=1S/C12H25N/c1-10(2)7-8-13-12-6-4-5-11(3)9-12/h10-13H,4-9H2,1-3H3. The SMILES string of the molecule is CC(C)CCNC1CCCC(C)C1. The molecule has 0 aliphatic heterocycles. The van der Waals surface area contributed by atoms with E-state index in [0.717, 1.165) is 17.9 Å². The molecule has 0 aromatic carbocycles. The number of hydrogen-bond acceptors (Lipinski definition) is 1. The average molecular weight is 183 g/mol. The van der Waals surface area contributed by atoms with Crippen LogP contribution in [0, 0.1) is 11.8 Å². The third kappa shape index (κ3) is 4.66. The second kappa shape index (κ2) is 5.64. The van der Waals surface area contributed by atoms with Gasteiger partial charge in [0, 0.05) is 6.04 Å². The maximum absolute atomic E-state index is 3.68. The predicted octanol–water partition coefficient (Wildman–Crippen LogP) is 3.20. The van der Waals surface area contributed by atoms with Crippen LogP contribution in [-0.4, -0.2) is 12.6 Å². The third-order valence-electron chi connectivity index (χ3n) is 3.09. The predicted molar refractivity (Wildman–Crippen MR) is 58.9 cm³/mol. The Kier molecular flexibility index (Phi) is 4.79. The lowest BCUT2D eigenvalue weighted by Crippen LogP contribution is -2.34. The molecule has 1 fully saturated rings.